The van der Waals surface area contributed by atoms with Gasteiger partial charge >= 0.3 is 0 Å². The second kappa shape index (κ2) is 3.87. The third-order valence-corrected chi connectivity index (χ3v) is 0.411. The van der Waals surface area contributed by atoms with Crippen LogP contribution in [0.5, 0.6) is 0 Å². The first-order chi connectivity index (χ1) is 3.77. The molecule has 0 saturated heterocycles. The van der Waals surface area contributed by atoms with Crippen LogP contribution < -0.4 is 0 Å². The van der Waals surface area contributed by atoms with Crippen LogP contribution in [0.15, 0.2) is 0 Å². The van der Waals surface area contributed by atoms with Crippen LogP contribution in [0.25, 0.3) is 0 Å². The second-order valence-corrected chi connectivity index (χ2v) is 0.965. The SMILES string of the molecule is N#CCCO[N+](=O)[O-]. The zero-order valence-corrected chi connectivity index (χ0v) is 4.03. The van der Waals surface area contributed by atoms with Crippen LogP contribution in [0.2, 0.25) is 0 Å². The van der Waals surface area contributed by atoms with Crippen LogP contribution in [0.1, 0.15) is 6.42 Å². The van der Waals surface area contributed by atoms with Crippen LogP contribution in [0.4, 0.5) is 0 Å². The predicted octanol–water partition coefficient (Wildman–Crippen LogP) is 0.108. The molecule has 0 atom stereocenters. The third-order valence-electron chi connectivity index (χ3n) is 0.411. The van der Waals surface area contributed by atoms with E-state index in [-0.39, 0.29) is 13.0 Å². The Morgan fingerprint density at radius 2 is 2.50 bits per heavy atom. The summed E-state index contributed by atoms with van der Waals surface area (Å²) in [6, 6.07) is 1.69. The molecule has 5 nitrogen and oxygen atoms in total. The predicted molar refractivity (Wildman–Crippen MR) is 23.2 cm³/mol. The monoisotopic (exact) mass is 116 g/mol. The zero-order chi connectivity index (χ0) is 6.41. The molecule has 0 spiro atoms. The van der Waals surface area contributed by atoms with E-state index >= 15 is 0 Å². The second-order valence-electron chi connectivity index (χ2n) is 0.965. The number of nitriles is 1. The van der Waals surface area contributed by atoms with Gasteiger partial charge in [0.05, 0.1) is 12.5 Å². The molecule has 0 amide bonds. The molecule has 44 valence electrons. The Labute approximate surface area is 45.6 Å². The van der Waals surface area contributed by atoms with Gasteiger partial charge in [0.1, 0.15) is 6.61 Å². The quantitative estimate of drug-likeness (QED) is 0.298. The molecular formula is C3H4N2O3. The molecule has 0 aromatic rings. The van der Waals surface area contributed by atoms with E-state index in [9.17, 15) is 10.1 Å². The minimum Gasteiger partial charge on any atom is -0.313 e. The molecule has 0 aliphatic rings. The fourth-order valence-electron chi connectivity index (χ4n) is 0.166. The standard InChI is InChI=1S/C3H4N2O3/c4-2-1-3-8-5(6)7/h1,3H2. The molecule has 0 saturated carbocycles. The van der Waals surface area contributed by atoms with E-state index in [1.54, 1.807) is 6.07 Å². The summed E-state index contributed by atoms with van der Waals surface area (Å²) in [7, 11) is 0. The first-order valence-electron chi connectivity index (χ1n) is 1.91. The van der Waals surface area contributed by atoms with Crippen molar-refractivity contribution in [3.63, 3.8) is 0 Å². The van der Waals surface area contributed by atoms with Crippen molar-refractivity contribution in [2.75, 3.05) is 6.61 Å². The molecule has 8 heavy (non-hydrogen) atoms. The van der Waals surface area contributed by atoms with Gasteiger partial charge in [0.25, 0.3) is 5.09 Å². The average Bonchev–Trinajstić information content (AvgIpc) is 1.66. The Bertz CT molecular complexity index is 116. The van der Waals surface area contributed by atoms with Gasteiger partial charge in [-0.3, -0.25) is 0 Å². The molecule has 0 aromatic carbocycles. The minimum atomic E-state index is -0.919. The molecule has 0 bridgehead atoms. The van der Waals surface area contributed by atoms with Gasteiger partial charge in [-0.05, 0) is 0 Å². The van der Waals surface area contributed by atoms with Gasteiger partial charge in [0.2, 0.25) is 0 Å². The van der Waals surface area contributed by atoms with E-state index < -0.39 is 5.09 Å². The maximum Gasteiger partial charge on any atom is 0.294 e. The zero-order valence-electron chi connectivity index (χ0n) is 4.03. The molecule has 0 aliphatic carbocycles. The van der Waals surface area contributed by atoms with Gasteiger partial charge < -0.3 is 4.84 Å². The first kappa shape index (κ1) is 6.69. The van der Waals surface area contributed by atoms with E-state index in [4.69, 9.17) is 5.26 Å². The molecule has 0 aromatic heterocycles. The smallest absolute Gasteiger partial charge is 0.294 e. The van der Waals surface area contributed by atoms with Gasteiger partial charge in [-0.2, -0.15) is 5.26 Å². The fraction of sp³-hybridized carbons (Fsp3) is 0.667. The molecule has 0 fully saturated rings. The van der Waals surface area contributed by atoms with Crippen LogP contribution in [-0.2, 0) is 4.84 Å². The summed E-state index contributed by atoms with van der Waals surface area (Å²) in [5, 5.41) is 16.3. The lowest BCUT2D eigenvalue weighted by molar-refractivity contribution is -0.757. The summed E-state index contributed by atoms with van der Waals surface area (Å²) in [6.45, 7) is -0.135. The van der Waals surface area contributed by atoms with Crippen molar-refractivity contribution >= 4 is 0 Å². The highest BCUT2D eigenvalue weighted by Gasteiger charge is 1.90. The van der Waals surface area contributed by atoms with Crippen molar-refractivity contribution in [1.29, 1.82) is 5.26 Å². The Morgan fingerprint density at radius 3 is 2.88 bits per heavy atom. The topological polar surface area (TPSA) is 76.2 Å². The van der Waals surface area contributed by atoms with Crippen LogP contribution in [-0.4, -0.2) is 11.7 Å². The summed E-state index contributed by atoms with van der Waals surface area (Å²) >= 11 is 0. The molecule has 0 radical (unpaired) electrons. The summed E-state index contributed by atoms with van der Waals surface area (Å²) in [5.41, 5.74) is 0. The Hall–Kier alpha value is -1.31. The number of hydrogen-bond donors (Lipinski definition) is 0. The average molecular weight is 116 g/mol. The van der Waals surface area contributed by atoms with Crippen molar-refractivity contribution < 1.29 is 9.92 Å². The molecular weight excluding hydrogens is 112 g/mol. The summed E-state index contributed by atoms with van der Waals surface area (Å²) in [6.07, 6.45) is 0.0565. The number of nitrogens with zero attached hydrogens (tertiary/aromatic N) is 2. The van der Waals surface area contributed by atoms with Crippen molar-refractivity contribution in [3.8, 4) is 6.07 Å². The summed E-state index contributed by atoms with van der Waals surface area (Å²) in [4.78, 5) is 13.1. The maximum absolute atomic E-state index is 9.35. The number of hydrogen-bond acceptors (Lipinski definition) is 4. The van der Waals surface area contributed by atoms with Gasteiger partial charge in [-0.25, -0.2) is 0 Å². The van der Waals surface area contributed by atoms with E-state index in [2.05, 4.69) is 4.84 Å². The van der Waals surface area contributed by atoms with Crippen molar-refractivity contribution in [2.24, 2.45) is 0 Å². The van der Waals surface area contributed by atoms with E-state index in [0.29, 0.717) is 0 Å². The van der Waals surface area contributed by atoms with Crippen LogP contribution in [0.3, 0.4) is 0 Å². The molecule has 0 rings (SSSR count). The minimum absolute atomic E-state index is 0.0565. The Morgan fingerprint density at radius 1 is 1.88 bits per heavy atom. The highest BCUT2D eigenvalue weighted by atomic mass is 16.9. The van der Waals surface area contributed by atoms with Crippen molar-refractivity contribution in [2.45, 2.75) is 6.42 Å². The number of rotatable bonds is 3. The lowest BCUT2D eigenvalue weighted by atomic mass is 10.5. The van der Waals surface area contributed by atoms with E-state index in [0.717, 1.165) is 0 Å². The Kier molecular flexibility index (Phi) is 3.23. The summed E-state index contributed by atoms with van der Waals surface area (Å²) < 4.78 is 0. The van der Waals surface area contributed by atoms with Crippen molar-refractivity contribution in [1.82, 2.24) is 0 Å². The first-order valence-corrected chi connectivity index (χ1v) is 1.91. The van der Waals surface area contributed by atoms with Crippen LogP contribution in [0, 0.1) is 21.4 Å². The largest absolute Gasteiger partial charge is 0.313 e. The molecule has 0 aliphatic heterocycles. The van der Waals surface area contributed by atoms with Gasteiger partial charge in [0.15, 0.2) is 0 Å². The normalized spacial score (nSPS) is 7.38. The van der Waals surface area contributed by atoms with E-state index in [1.165, 1.54) is 0 Å². The lowest BCUT2D eigenvalue weighted by Gasteiger charge is -1.87. The Balaban J connectivity index is 2.97. The van der Waals surface area contributed by atoms with E-state index in [1.807, 2.05) is 0 Å². The third kappa shape index (κ3) is 4.69. The maximum atomic E-state index is 9.35. The fourth-order valence-corrected chi connectivity index (χ4v) is 0.166. The molecule has 5 heteroatoms. The molecule has 0 N–H and O–H groups in total. The van der Waals surface area contributed by atoms with Crippen molar-refractivity contribution in [3.05, 3.63) is 10.1 Å². The molecule has 0 heterocycles. The van der Waals surface area contributed by atoms with Crippen LogP contribution >= 0.6 is 0 Å². The van der Waals surface area contributed by atoms with Gasteiger partial charge in [0, 0.05) is 0 Å². The highest BCUT2D eigenvalue weighted by molar-refractivity contribution is 4.66. The molecule has 0 unspecified atom stereocenters. The summed E-state index contributed by atoms with van der Waals surface area (Å²) in [5.74, 6) is 0. The van der Waals surface area contributed by atoms with Gasteiger partial charge in [-0.1, -0.05) is 0 Å². The lowest BCUT2D eigenvalue weighted by Crippen LogP contribution is -2.00. The van der Waals surface area contributed by atoms with Gasteiger partial charge in [-0.15, -0.1) is 10.1 Å². The highest BCUT2D eigenvalue weighted by Crippen LogP contribution is 1.77.